The Labute approximate surface area is 176 Å². The quantitative estimate of drug-likeness (QED) is 0.224. The topological polar surface area (TPSA) is 127 Å². The van der Waals surface area contributed by atoms with E-state index in [-0.39, 0.29) is 22.8 Å². The van der Waals surface area contributed by atoms with Gasteiger partial charge in [0.05, 0.1) is 16.5 Å². The number of benzene rings is 2. The van der Waals surface area contributed by atoms with Crippen LogP contribution in [0.15, 0.2) is 64.7 Å². The smallest absolute Gasteiger partial charge is 0.301 e. The number of carbonyl (C=O) groups excluding carboxylic acids is 2. The van der Waals surface area contributed by atoms with Crippen molar-refractivity contribution in [3.63, 3.8) is 0 Å². The molecule has 0 spiro atoms. The zero-order valence-corrected chi connectivity index (χ0v) is 16.6. The Morgan fingerprint density at radius 2 is 1.74 bits per heavy atom. The molecule has 1 amide bonds. The molecule has 0 unspecified atom stereocenters. The summed E-state index contributed by atoms with van der Waals surface area (Å²) < 4.78 is 5.07. The van der Waals surface area contributed by atoms with Gasteiger partial charge >= 0.3 is 5.91 Å². The van der Waals surface area contributed by atoms with Crippen molar-refractivity contribution in [3.8, 4) is 0 Å². The zero-order chi connectivity index (χ0) is 22.3. The summed E-state index contributed by atoms with van der Waals surface area (Å²) in [6.07, 6.45) is 0. The molecule has 0 aliphatic carbocycles. The first kappa shape index (κ1) is 20.0. The second-order valence-electron chi connectivity index (χ2n) is 7.18. The Kier molecular flexibility index (Phi) is 4.86. The minimum absolute atomic E-state index is 0.103. The minimum atomic E-state index is -1.04. The van der Waals surface area contributed by atoms with Gasteiger partial charge in [-0.1, -0.05) is 35.0 Å². The van der Waals surface area contributed by atoms with Crippen molar-refractivity contribution in [1.82, 2.24) is 5.16 Å². The SMILES string of the molecule is Cc1ccc(C(O)=C2C(=O)C(=O)N(c3cc(C)on3)[C@H]2c2ccc([N+](=O)[O-])cc2)cc1. The predicted molar refractivity (Wildman–Crippen MR) is 110 cm³/mol. The van der Waals surface area contributed by atoms with E-state index >= 15 is 0 Å². The van der Waals surface area contributed by atoms with E-state index in [2.05, 4.69) is 5.16 Å². The first-order chi connectivity index (χ1) is 14.8. The zero-order valence-electron chi connectivity index (χ0n) is 16.6. The van der Waals surface area contributed by atoms with Crippen LogP contribution in [0.5, 0.6) is 0 Å². The first-order valence-electron chi connectivity index (χ1n) is 9.33. The molecular weight excluding hydrogens is 402 g/mol. The largest absolute Gasteiger partial charge is 0.507 e. The number of amides is 1. The molecule has 9 nitrogen and oxygen atoms in total. The van der Waals surface area contributed by atoms with E-state index in [1.165, 1.54) is 30.3 Å². The van der Waals surface area contributed by atoms with Gasteiger partial charge in [0.25, 0.3) is 11.5 Å². The van der Waals surface area contributed by atoms with Crippen LogP contribution in [0.4, 0.5) is 11.5 Å². The average molecular weight is 419 g/mol. The molecule has 1 aliphatic rings. The fourth-order valence-electron chi connectivity index (χ4n) is 3.50. The van der Waals surface area contributed by atoms with Gasteiger partial charge in [-0.25, -0.2) is 0 Å². The maximum absolute atomic E-state index is 13.0. The van der Waals surface area contributed by atoms with Gasteiger partial charge in [0.15, 0.2) is 5.82 Å². The molecule has 1 aliphatic heterocycles. The molecule has 0 saturated carbocycles. The molecule has 1 saturated heterocycles. The monoisotopic (exact) mass is 419 g/mol. The summed E-state index contributed by atoms with van der Waals surface area (Å²) in [5, 5.41) is 25.8. The number of aliphatic hydroxyl groups is 1. The number of aromatic nitrogens is 1. The first-order valence-corrected chi connectivity index (χ1v) is 9.33. The highest BCUT2D eigenvalue weighted by molar-refractivity contribution is 6.51. The van der Waals surface area contributed by atoms with Crippen molar-refractivity contribution in [2.45, 2.75) is 19.9 Å². The number of ketones is 1. The van der Waals surface area contributed by atoms with Crippen LogP contribution in [0.2, 0.25) is 0 Å². The molecule has 31 heavy (non-hydrogen) atoms. The van der Waals surface area contributed by atoms with E-state index in [1.807, 2.05) is 6.92 Å². The van der Waals surface area contributed by atoms with Crippen molar-refractivity contribution in [1.29, 1.82) is 0 Å². The summed E-state index contributed by atoms with van der Waals surface area (Å²) in [5.74, 6) is -1.58. The van der Waals surface area contributed by atoms with Gasteiger partial charge < -0.3 is 9.63 Å². The molecule has 1 N–H and O–H groups in total. The van der Waals surface area contributed by atoms with Gasteiger partial charge in [0, 0.05) is 23.8 Å². The number of nitro benzene ring substituents is 1. The molecule has 1 fully saturated rings. The summed E-state index contributed by atoms with van der Waals surface area (Å²) in [5.41, 5.74) is 1.45. The van der Waals surface area contributed by atoms with Gasteiger partial charge in [0.2, 0.25) is 0 Å². The van der Waals surface area contributed by atoms with Crippen LogP contribution in [-0.2, 0) is 9.59 Å². The number of nitrogens with zero attached hydrogens (tertiary/aromatic N) is 3. The van der Waals surface area contributed by atoms with Crippen LogP contribution in [0.3, 0.4) is 0 Å². The maximum Gasteiger partial charge on any atom is 0.301 e. The molecule has 1 atom stereocenters. The molecule has 1 aromatic heterocycles. The standard InChI is InChI=1S/C22H17N3O6/c1-12-3-5-15(6-4-12)20(26)18-19(14-7-9-16(10-8-14)25(29)30)24(22(28)21(18)27)17-11-13(2)31-23-17/h3-11,19,26H,1-2H3/t19-/m0/s1. The Balaban J connectivity index is 1.92. The van der Waals surface area contributed by atoms with Crippen LogP contribution in [0, 0.1) is 24.0 Å². The number of aliphatic hydroxyl groups excluding tert-OH is 1. The Bertz CT molecular complexity index is 1220. The number of nitro groups is 1. The summed E-state index contributed by atoms with van der Waals surface area (Å²) in [6, 6.07) is 12.7. The lowest BCUT2D eigenvalue weighted by atomic mass is 9.95. The van der Waals surface area contributed by atoms with E-state index in [1.54, 1.807) is 31.2 Å². The van der Waals surface area contributed by atoms with Crippen LogP contribution in [-0.4, -0.2) is 26.9 Å². The highest BCUT2D eigenvalue weighted by Crippen LogP contribution is 2.42. The third kappa shape index (κ3) is 3.46. The van der Waals surface area contributed by atoms with Gasteiger partial charge in [-0.05, 0) is 31.5 Å². The van der Waals surface area contributed by atoms with Gasteiger partial charge in [-0.2, -0.15) is 0 Å². The third-order valence-corrected chi connectivity index (χ3v) is 5.05. The molecule has 4 rings (SSSR count). The van der Waals surface area contributed by atoms with E-state index in [0.717, 1.165) is 10.5 Å². The highest BCUT2D eigenvalue weighted by Gasteiger charge is 2.48. The third-order valence-electron chi connectivity index (χ3n) is 5.05. The molecular formula is C22H17N3O6. The lowest BCUT2D eigenvalue weighted by Crippen LogP contribution is -2.29. The number of rotatable bonds is 4. The number of non-ortho nitro benzene ring substituents is 1. The van der Waals surface area contributed by atoms with Crippen molar-refractivity contribution in [2.24, 2.45) is 0 Å². The van der Waals surface area contributed by atoms with E-state index in [4.69, 9.17) is 4.52 Å². The van der Waals surface area contributed by atoms with E-state index in [9.17, 15) is 24.8 Å². The van der Waals surface area contributed by atoms with Crippen LogP contribution >= 0.6 is 0 Å². The van der Waals surface area contributed by atoms with E-state index in [0.29, 0.717) is 16.9 Å². The number of Topliss-reactive ketones (excluding diaryl/α,β-unsaturated/α-hetero) is 1. The van der Waals surface area contributed by atoms with Crippen LogP contribution in [0.25, 0.3) is 5.76 Å². The normalized spacial score (nSPS) is 17.9. The lowest BCUT2D eigenvalue weighted by molar-refractivity contribution is -0.384. The number of hydrogen-bond donors (Lipinski definition) is 1. The second-order valence-corrected chi connectivity index (χ2v) is 7.18. The summed E-state index contributed by atoms with van der Waals surface area (Å²) in [7, 11) is 0. The Morgan fingerprint density at radius 3 is 2.29 bits per heavy atom. The maximum atomic E-state index is 13.0. The number of hydrogen-bond acceptors (Lipinski definition) is 7. The summed E-state index contributed by atoms with van der Waals surface area (Å²) in [4.78, 5) is 37.5. The molecule has 0 bridgehead atoms. The number of carbonyl (C=O) groups is 2. The van der Waals surface area contributed by atoms with Crippen molar-refractivity contribution < 1.29 is 24.1 Å². The van der Waals surface area contributed by atoms with Gasteiger partial charge in [-0.15, -0.1) is 0 Å². The molecule has 3 aromatic rings. The number of anilines is 1. The second kappa shape index (κ2) is 7.52. The highest BCUT2D eigenvalue weighted by atomic mass is 16.6. The fourth-order valence-corrected chi connectivity index (χ4v) is 3.50. The summed E-state index contributed by atoms with van der Waals surface area (Å²) >= 11 is 0. The van der Waals surface area contributed by atoms with Crippen molar-refractivity contribution >= 4 is 29.0 Å². The predicted octanol–water partition coefficient (Wildman–Crippen LogP) is 3.83. The van der Waals surface area contributed by atoms with Crippen LogP contribution in [0.1, 0.15) is 28.5 Å². The average Bonchev–Trinajstić information content (AvgIpc) is 3.29. The Morgan fingerprint density at radius 1 is 1.10 bits per heavy atom. The van der Waals surface area contributed by atoms with Crippen LogP contribution < -0.4 is 4.90 Å². The lowest BCUT2D eigenvalue weighted by Gasteiger charge is -2.22. The number of aryl methyl sites for hydroxylation is 2. The summed E-state index contributed by atoms with van der Waals surface area (Å²) in [6.45, 7) is 3.52. The molecule has 2 aromatic carbocycles. The van der Waals surface area contributed by atoms with Gasteiger partial charge in [0.1, 0.15) is 11.5 Å². The Hall–Kier alpha value is -4.27. The molecule has 2 heterocycles. The van der Waals surface area contributed by atoms with Crippen molar-refractivity contribution in [2.75, 3.05) is 4.90 Å². The van der Waals surface area contributed by atoms with E-state index < -0.39 is 22.7 Å². The molecule has 156 valence electrons. The minimum Gasteiger partial charge on any atom is -0.507 e. The molecule has 0 radical (unpaired) electrons. The van der Waals surface area contributed by atoms with Gasteiger partial charge in [-0.3, -0.25) is 24.6 Å². The molecule has 9 heteroatoms. The van der Waals surface area contributed by atoms with Crippen molar-refractivity contribution in [3.05, 3.63) is 92.7 Å². The fraction of sp³-hybridized carbons (Fsp3) is 0.136.